The van der Waals surface area contributed by atoms with Crippen molar-refractivity contribution in [3.05, 3.63) is 42.3 Å². The maximum atomic E-state index is 10.3. The Morgan fingerprint density at radius 2 is 2.00 bits per heavy atom. The van der Waals surface area contributed by atoms with Gasteiger partial charge in [-0.25, -0.2) is 4.98 Å². The van der Waals surface area contributed by atoms with Crippen LogP contribution in [-0.4, -0.2) is 11.3 Å². The Bertz CT molecular complexity index is 406. The molecular formula is C10H7NO2. The number of benzene rings is 1. The molecule has 0 saturated heterocycles. The molecule has 0 saturated carbocycles. The van der Waals surface area contributed by atoms with Crippen LogP contribution in [0.4, 0.5) is 0 Å². The largest absolute Gasteiger partial charge is 0.444 e. The minimum absolute atomic E-state index is 0.318. The van der Waals surface area contributed by atoms with Crippen LogP contribution in [0.3, 0.4) is 0 Å². The average Bonchev–Trinajstić information content (AvgIpc) is 2.67. The molecule has 0 atom stereocenters. The van der Waals surface area contributed by atoms with Gasteiger partial charge in [0, 0.05) is 5.56 Å². The van der Waals surface area contributed by atoms with Gasteiger partial charge in [0.05, 0.1) is 0 Å². The molecule has 0 N–H and O–H groups in total. The molecule has 13 heavy (non-hydrogen) atoms. The first-order valence-corrected chi connectivity index (χ1v) is 3.86. The maximum absolute atomic E-state index is 10.3. The summed E-state index contributed by atoms with van der Waals surface area (Å²) in [5.74, 6) is 0.475. The van der Waals surface area contributed by atoms with Crippen LogP contribution in [0.2, 0.25) is 0 Å². The van der Waals surface area contributed by atoms with Gasteiger partial charge in [0.1, 0.15) is 12.0 Å². The third-order valence-corrected chi connectivity index (χ3v) is 1.66. The van der Waals surface area contributed by atoms with E-state index in [2.05, 4.69) is 4.98 Å². The van der Waals surface area contributed by atoms with Gasteiger partial charge in [-0.1, -0.05) is 18.2 Å². The molecule has 0 amide bonds. The summed E-state index contributed by atoms with van der Waals surface area (Å²) in [5, 5.41) is 0. The van der Waals surface area contributed by atoms with Gasteiger partial charge in [-0.05, 0) is 12.1 Å². The second-order valence-corrected chi connectivity index (χ2v) is 2.56. The SMILES string of the molecule is O=Cc1coc(-c2ccccc2)n1. The summed E-state index contributed by atoms with van der Waals surface area (Å²) in [5.41, 5.74) is 1.19. The van der Waals surface area contributed by atoms with Gasteiger partial charge in [0.25, 0.3) is 0 Å². The number of hydrogen-bond acceptors (Lipinski definition) is 3. The molecule has 3 nitrogen and oxygen atoms in total. The summed E-state index contributed by atoms with van der Waals surface area (Å²) < 4.78 is 5.10. The number of oxazole rings is 1. The van der Waals surface area contributed by atoms with E-state index in [1.165, 1.54) is 6.26 Å². The zero-order valence-corrected chi connectivity index (χ0v) is 6.81. The van der Waals surface area contributed by atoms with E-state index < -0.39 is 0 Å². The van der Waals surface area contributed by atoms with Gasteiger partial charge in [-0.2, -0.15) is 0 Å². The fraction of sp³-hybridized carbons (Fsp3) is 0. The number of rotatable bonds is 2. The minimum Gasteiger partial charge on any atom is -0.444 e. The summed E-state index contributed by atoms with van der Waals surface area (Å²) >= 11 is 0. The van der Waals surface area contributed by atoms with Gasteiger partial charge >= 0.3 is 0 Å². The van der Waals surface area contributed by atoms with Crippen LogP contribution in [0.5, 0.6) is 0 Å². The lowest BCUT2D eigenvalue weighted by Gasteiger charge is -1.91. The van der Waals surface area contributed by atoms with Gasteiger partial charge in [-0.3, -0.25) is 4.79 Å². The van der Waals surface area contributed by atoms with E-state index in [0.29, 0.717) is 17.9 Å². The summed E-state index contributed by atoms with van der Waals surface area (Å²) in [6, 6.07) is 9.44. The Morgan fingerprint density at radius 1 is 1.23 bits per heavy atom. The van der Waals surface area contributed by atoms with Crippen LogP contribution < -0.4 is 0 Å². The molecule has 0 radical (unpaired) electrons. The number of hydrogen-bond donors (Lipinski definition) is 0. The highest BCUT2D eigenvalue weighted by Crippen LogP contribution is 2.16. The lowest BCUT2D eigenvalue weighted by Crippen LogP contribution is -1.79. The monoisotopic (exact) mass is 173 g/mol. The van der Waals surface area contributed by atoms with E-state index >= 15 is 0 Å². The number of nitrogens with zero attached hydrogens (tertiary/aromatic N) is 1. The Hall–Kier alpha value is -1.90. The van der Waals surface area contributed by atoms with Gasteiger partial charge in [0.15, 0.2) is 6.29 Å². The van der Waals surface area contributed by atoms with Crippen molar-refractivity contribution in [2.45, 2.75) is 0 Å². The van der Waals surface area contributed by atoms with Crippen molar-refractivity contribution in [1.29, 1.82) is 0 Å². The first kappa shape index (κ1) is 7.73. The van der Waals surface area contributed by atoms with E-state index in [1.807, 2.05) is 30.3 Å². The van der Waals surface area contributed by atoms with Crippen molar-refractivity contribution in [3.8, 4) is 11.5 Å². The topological polar surface area (TPSA) is 43.1 Å². The number of aldehydes is 1. The van der Waals surface area contributed by atoms with Crippen LogP contribution in [0, 0.1) is 0 Å². The average molecular weight is 173 g/mol. The predicted molar refractivity (Wildman–Crippen MR) is 47.3 cm³/mol. The molecular weight excluding hydrogens is 166 g/mol. The van der Waals surface area contributed by atoms with E-state index in [4.69, 9.17) is 4.42 Å². The van der Waals surface area contributed by atoms with Crippen molar-refractivity contribution in [2.75, 3.05) is 0 Å². The number of carbonyl (C=O) groups excluding carboxylic acids is 1. The Balaban J connectivity index is 2.41. The molecule has 0 aliphatic carbocycles. The summed E-state index contributed by atoms with van der Waals surface area (Å²) in [4.78, 5) is 14.3. The molecule has 2 rings (SSSR count). The Labute approximate surface area is 75.0 Å². The van der Waals surface area contributed by atoms with Crippen molar-refractivity contribution >= 4 is 6.29 Å². The van der Waals surface area contributed by atoms with Crippen LogP contribution in [-0.2, 0) is 0 Å². The molecule has 1 heterocycles. The van der Waals surface area contributed by atoms with Gasteiger partial charge in [0.2, 0.25) is 5.89 Å². The van der Waals surface area contributed by atoms with Crippen molar-refractivity contribution in [1.82, 2.24) is 4.98 Å². The van der Waals surface area contributed by atoms with Crippen LogP contribution in [0.15, 0.2) is 41.0 Å². The molecule has 0 bridgehead atoms. The maximum Gasteiger partial charge on any atom is 0.226 e. The van der Waals surface area contributed by atoms with Crippen molar-refractivity contribution < 1.29 is 9.21 Å². The highest BCUT2D eigenvalue weighted by atomic mass is 16.3. The highest BCUT2D eigenvalue weighted by Gasteiger charge is 2.03. The van der Waals surface area contributed by atoms with Crippen molar-refractivity contribution in [3.63, 3.8) is 0 Å². The predicted octanol–water partition coefficient (Wildman–Crippen LogP) is 2.15. The molecule has 3 heteroatoms. The van der Waals surface area contributed by atoms with Crippen LogP contribution in [0.1, 0.15) is 10.5 Å². The quantitative estimate of drug-likeness (QED) is 0.653. The molecule has 0 aliphatic heterocycles. The van der Waals surface area contributed by atoms with E-state index in [1.54, 1.807) is 0 Å². The molecule has 0 aliphatic rings. The smallest absolute Gasteiger partial charge is 0.226 e. The van der Waals surface area contributed by atoms with E-state index in [0.717, 1.165) is 5.56 Å². The lowest BCUT2D eigenvalue weighted by molar-refractivity contribution is 0.111. The lowest BCUT2D eigenvalue weighted by atomic mass is 10.2. The fourth-order valence-corrected chi connectivity index (χ4v) is 1.05. The standard InChI is InChI=1S/C10H7NO2/c12-6-9-7-13-10(11-9)8-4-2-1-3-5-8/h1-7H. The molecule has 64 valence electrons. The van der Waals surface area contributed by atoms with Gasteiger partial charge in [-0.15, -0.1) is 0 Å². The van der Waals surface area contributed by atoms with Crippen LogP contribution >= 0.6 is 0 Å². The van der Waals surface area contributed by atoms with E-state index in [-0.39, 0.29) is 0 Å². The first-order chi connectivity index (χ1) is 6.40. The second kappa shape index (κ2) is 3.23. The van der Waals surface area contributed by atoms with Gasteiger partial charge < -0.3 is 4.42 Å². The first-order valence-electron chi connectivity index (χ1n) is 3.86. The molecule has 2 aromatic rings. The Kier molecular flexibility index (Phi) is 1.92. The summed E-state index contributed by atoms with van der Waals surface area (Å²) in [7, 11) is 0. The second-order valence-electron chi connectivity index (χ2n) is 2.56. The normalized spacial score (nSPS) is 9.85. The molecule has 1 aromatic carbocycles. The number of carbonyl (C=O) groups is 1. The molecule has 0 unspecified atom stereocenters. The van der Waals surface area contributed by atoms with E-state index in [9.17, 15) is 4.79 Å². The summed E-state index contributed by atoms with van der Waals surface area (Å²) in [6.45, 7) is 0. The zero-order chi connectivity index (χ0) is 9.10. The minimum atomic E-state index is 0.318. The summed E-state index contributed by atoms with van der Waals surface area (Å²) in [6.07, 6.45) is 2.01. The third-order valence-electron chi connectivity index (χ3n) is 1.66. The van der Waals surface area contributed by atoms with Crippen molar-refractivity contribution in [2.24, 2.45) is 0 Å². The fourth-order valence-electron chi connectivity index (χ4n) is 1.05. The third kappa shape index (κ3) is 1.49. The Morgan fingerprint density at radius 3 is 2.62 bits per heavy atom. The highest BCUT2D eigenvalue weighted by molar-refractivity contribution is 5.72. The molecule has 1 aromatic heterocycles. The number of aromatic nitrogens is 1. The molecule has 0 spiro atoms. The molecule has 0 fully saturated rings. The van der Waals surface area contributed by atoms with Crippen LogP contribution in [0.25, 0.3) is 11.5 Å². The zero-order valence-electron chi connectivity index (χ0n) is 6.81.